The molecule has 4 aromatic rings. The van der Waals surface area contributed by atoms with Crippen molar-refractivity contribution in [1.82, 2.24) is 14.6 Å². The fourth-order valence-corrected chi connectivity index (χ4v) is 4.50. The van der Waals surface area contributed by atoms with Crippen LogP contribution in [0.1, 0.15) is 48.8 Å². The fourth-order valence-electron chi connectivity index (χ4n) is 3.74. The Morgan fingerprint density at radius 3 is 2.13 bits per heavy atom. The van der Waals surface area contributed by atoms with Crippen LogP contribution < -0.4 is 16.8 Å². The number of hydrogen-bond acceptors (Lipinski definition) is 7. The number of amides is 3. The Morgan fingerprint density at radius 2 is 1.61 bits per heavy atom. The van der Waals surface area contributed by atoms with E-state index in [0.29, 0.717) is 28.4 Å². The van der Waals surface area contributed by atoms with Gasteiger partial charge in [-0.3, -0.25) is 14.4 Å². The highest BCUT2D eigenvalue weighted by molar-refractivity contribution is 7.09. The molecule has 0 saturated carbocycles. The van der Waals surface area contributed by atoms with E-state index in [4.69, 9.17) is 15.9 Å². The van der Waals surface area contributed by atoms with Gasteiger partial charge in [0.05, 0.1) is 5.69 Å². The van der Waals surface area contributed by atoms with Crippen LogP contribution in [0.25, 0.3) is 0 Å². The van der Waals surface area contributed by atoms with Gasteiger partial charge in [0.15, 0.2) is 11.7 Å². The highest BCUT2D eigenvalue weighted by Crippen LogP contribution is 2.31. The maximum atomic E-state index is 13.8. The lowest BCUT2D eigenvalue weighted by Crippen LogP contribution is -2.43. The van der Waals surface area contributed by atoms with Gasteiger partial charge in [-0.2, -0.15) is 4.37 Å². The number of carbonyl (C=O) groups excluding carboxylic acids is 3. The molecule has 0 fully saturated rings. The van der Waals surface area contributed by atoms with Crippen LogP contribution in [0.5, 0.6) is 0 Å². The number of aryl methyl sites for hydroxylation is 1. The van der Waals surface area contributed by atoms with Crippen LogP contribution in [0.3, 0.4) is 0 Å². The molecule has 0 aliphatic rings. The number of nitrogen functional groups attached to an aromatic ring is 1. The van der Waals surface area contributed by atoms with Crippen LogP contribution in [0, 0.1) is 18.6 Å². The minimum Gasteiger partial charge on any atom is -0.464 e. The number of carbonyl (C=O) groups is 3. The third-order valence-corrected chi connectivity index (χ3v) is 6.50. The first-order chi connectivity index (χ1) is 18.1. The Kier molecular flexibility index (Phi) is 7.82. The Morgan fingerprint density at radius 1 is 1.00 bits per heavy atom. The molecule has 0 aliphatic heterocycles. The highest BCUT2D eigenvalue weighted by atomic mass is 32.1. The van der Waals surface area contributed by atoms with Gasteiger partial charge in [0.2, 0.25) is 0 Å². The van der Waals surface area contributed by atoms with Crippen molar-refractivity contribution in [1.29, 1.82) is 0 Å². The van der Waals surface area contributed by atoms with E-state index in [1.165, 1.54) is 53.4 Å². The van der Waals surface area contributed by atoms with Crippen molar-refractivity contribution in [2.75, 3.05) is 5.73 Å². The van der Waals surface area contributed by atoms with Crippen LogP contribution >= 0.6 is 11.5 Å². The summed E-state index contributed by atoms with van der Waals surface area (Å²) in [4.78, 5) is 40.2. The quantitative estimate of drug-likeness (QED) is 0.296. The van der Waals surface area contributed by atoms with Gasteiger partial charge >= 0.3 is 0 Å². The molecule has 9 nitrogen and oxygen atoms in total. The van der Waals surface area contributed by atoms with Crippen molar-refractivity contribution < 1.29 is 27.6 Å². The summed E-state index contributed by atoms with van der Waals surface area (Å²) in [6.45, 7) is 1.59. The van der Waals surface area contributed by atoms with Gasteiger partial charge in [-0.25, -0.2) is 8.78 Å². The summed E-state index contributed by atoms with van der Waals surface area (Å²) in [5.74, 6) is -2.45. The van der Waals surface area contributed by atoms with Crippen LogP contribution in [-0.4, -0.2) is 27.0 Å². The predicted molar refractivity (Wildman–Crippen MR) is 136 cm³/mol. The molecular weight excluding hydrogens is 516 g/mol. The first kappa shape index (κ1) is 26.5. The number of nitrogens with one attached hydrogen (secondary N) is 1. The zero-order chi connectivity index (χ0) is 27.4. The maximum Gasteiger partial charge on any atom is 0.270 e. The normalized spacial score (nSPS) is 11.7. The molecule has 2 aromatic carbocycles. The number of benzene rings is 2. The fraction of sp³-hybridized carbons (Fsp3) is 0.154. The van der Waals surface area contributed by atoms with Gasteiger partial charge in [0.1, 0.15) is 28.0 Å². The second-order valence-corrected chi connectivity index (χ2v) is 9.17. The topological polar surface area (TPSA) is 145 Å². The van der Waals surface area contributed by atoms with Crippen LogP contribution in [0.15, 0.2) is 65.1 Å². The molecule has 0 radical (unpaired) electrons. The van der Waals surface area contributed by atoms with E-state index in [-0.39, 0.29) is 35.1 Å². The SMILES string of the molecule is Cc1ccc(C(C(=O)NCc2ccc(F)cc2)N(Cc2ccc(F)cc2)C(=O)c2snc(C(N)=O)c2N)o1. The number of aromatic nitrogens is 1. The third-order valence-electron chi connectivity index (χ3n) is 5.65. The van der Waals surface area contributed by atoms with Gasteiger partial charge < -0.3 is 26.1 Å². The van der Waals surface area contributed by atoms with Crippen LogP contribution in [0.4, 0.5) is 14.5 Å². The molecule has 0 aliphatic carbocycles. The summed E-state index contributed by atoms with van der Waals surface area (Å²) in [6, 6.07) is 12.9. The molecule has 0 saturated heterocycles. The van der Waals surface area contributed by atoms with Crippen molar-refractivity contribution in [2.45, 2.75) is 26.1 Å². The molecule has 12 heteroatoms. The number of rotatable bonds is 9. The third kappa shape index (κ3) is 5.86. The van der Waals surface area contributed by atoms with E-state index in [0.717, 1.165) is 0 Å². The summed E-state index contributed by atoms with van der Waals surface area (Å²) in [7, 11) is 0. The second kappa shape index (κ2) is 11.2. The summed E-state index contributed by atoms with van der Waals surface area (Å²) < 4.78 is 36.5. The molecule has 38 heavy (non-hydrogen) atoms. The van der Waals surface area contributed by atoms with Crippen molar-refractivity contribution in [3.63, 3.8) is 0 Å². The monoisotopic (exact) mass is 539 g/mol. The Balaban J connectivity index is 1.74. The summed E-state index contributed by atoms with van der Waals surface area (Å²) in [5, 5.41) is 2.75. The van der Waals surface area contributed by atoms with Gasteiger partial charge in [-0.05, 0) is 66.0 Å². The molecule has 2 heterocycles. The molecule has 3 amide bonds. The standard InChI is InChI=1S/C26H23F2N5O4S/c1-14-2-11-19(37-14)22(25(35)31-12-15-3-7-17(27)8-4-15)33(13-16-5-9-18(28)10-6-16)26(36)23-20(29)21(24(30)34)32-38-23/h2-11,22H,12-13,29H2,1H3,(H2,30,34)(H,31,35). The highest BCUT2D eigenvalue weighted by Gasteiger charge is 2.36. The molecule has 1 atom stereocenters. The zero-order valence-electron chi connectivity index (χ0n) is 20.1. The number of primary amides is 1. The average molecular weight is 540 g/mol. The average Bonchev–Trinajstić information content (AvgIpc) is 3.49. The Bertz CT molecular complexity index is 1470. The lowest BCUT2D eigenvalue weighted by atomic mass is 10.1. The lowest BCUT2D eigenvalue weighted by molar-refractivity contribution is -0.126. The van der Waals surface area contributed by atoms with Crippen molar-refractivity contribution in [2.24, 2.45) is 5.73 Å². The van der Waals surface area contributed by atoms with Crippen molar-refractivity contribution in [3.05, 3.63) is 106 Å². The van der Waals surface area contributed by atoms with E-state index < -0.39 is 35.4 Å². The van der Waals surface area contributed by atoms with Crippen molar-refractivity contribution in [3.8, 4) is 0 Å². The molecule has 1 unspecified atom stereocenters. The summed E-state index contributed by atoms with van der Waals surface area (Å²) >= 11 is 0.670. The number of nitrogens with zero attached hydrogens (tertiary/aromatic N) is 2. The Hall–Kier alpha value is -4.58. The predicted octanol–water partition coefficient (Wildman–Crippen LogP) is 3.70. The summed E-state index contributed by atoms with van der Waals surface area (Å²) in [5.41, 5.74) is 12.0. The molecule has 0 bridgehead atoms. The van der Waals surface area contributed by atoms with E-state index >= 15 is 0 Å². The number of hydrogen-bond donors (Lipinski definition) is 3. The number of anilines is 1. The molecule has 0 spiro atoms. The Labute approximate surface area is 220 Å². The van der Waals surface area contributed by atoms with E-state index in [9.17, 15) is 23.2 Å². The van der Waals surface area contributed by atoms with E-state index in [2.05, 4.69) is 9.69 Å². The molecular formula is C26H23F2N5O4S. The minimum atomic E-state index is -1.29. The molecule has 196 valence electrons. The van der Waals surface area contributed by atoms with Crippen LogP contribution in [0.2, 0.25) is 0 Å². The number of nitrogens with two attached hydrogens (primary N) is 2. The lowest BCUT2D eigenvalue weighted by Gasteiger charge is -2.29. The van der Waals surface area contributed by atoms with Crippen molar-refractivity contribution >= 4 is 34.9 Å². The van der Waals surface area contributed by atoms with Gasteiger partial charge in [-0.1, -0.05) is 24.3 Å². The first-order valence-electron chi connectivity index (χ1n) is 11.3. The van der Waals surface area contributed by atoms with Crippen LogP contribution in [-0.2, 0) is 17.9 Å². The molecule has 5 N–H and O–H groups in total. The molecule has 2 aromatic heterocycles. The number of halogens is 2. The smallest absolute Gasteiger partial charge is 0.270 e. The van der Waals surface area contributed by atoms with Gasteiger partial charge in [0, 0.05) is 13.1 Å². The van der Waals surface area contributed by atoms with Gasteiger partial charge in [-0.15, -0.1) is 0 Å². The largest absolute Gasteiger partial charge is 0.464 e. The number of furan rings is 1. The second-order valence-electron chi connectivity index (χ2n) is 8.39. The van der Waals surface area contributed by atoms with E-state index in [1.54, 1.807) is 19.1 Å². The zero-order valence-corrected chi connectivity index (χ0v) is 20.9. The summed E-state index contributed by atoms with van der Waals surface area (Å²) in [6.07, 6.45) is 0. The first-order valence-corrected chi connectivity index (χ1v) is 12.1. The molecule has 4 rings (SSSR count). The minimum absolute atomic E-state index is 0.0441. The van der Waals surface area contributed by atoms with Gasteiger partial charge in [0.25, 0.3) is 17.7 Å². The van der Waals surface area contributed by atoms with E-state index in [1.807, 2.05) is 0 Å². The maximum absolute atomic E-state index is 13.8.